The van der Waals surface area contributed by atoms with E-state index in [9.17, 15) is 8.42 Å². The highest BCUT2D eigenvalue weighted by Crippen LogP contribution is 2.27. The van der Waals surface area contributed by atoms with E-state index in [0.717, 1.165) is 28.2 Å². The highest BCUT2D eigenvalue weighted by molar-refractivity contribution is 7.93. The minimum Gasteiger partial charge on any atom is -0.241 e. The second kappa shape index (κ2) is 7.99. The van der Waals surface area contributed by atoms with Gasteiger partial charge in [-0.15, -0.1) is 11.3 Å². The Morgan fingerprint density at radius 3 is 2.68 bits per heavy atom. The van der Waals surface area contributed by atoms with Gasteiger partial charge in [-0.2, -0.15) is 0 Å². The molecule has 4 rings (SSSR count). The van der Waals surface area contributed by atoms with Gasteiger partial charge in [0.2, 0.25) is 10.0 Å². The Morgan fingerprint density at radius 2 is 1.86 bits per heavy atom. The third-order valence-corrected chi connectivity index (χ3v) is 7.42. The van der Waals surface area contributed by atoms with E-state index in [1.165, 1.54) is 11.1 Å². The topological polar surface area (TPSA) is 59.1 Å². The van der Waals surface area contributed by atoms with Crippen molar-refractivity contribution in [2.24, 2.45) is 0 Å². The van der Waals surface area contributed by atoms with Crippen molar-refractivity contribution < 1.29 is 8.42 Å². The molecule has 0 radical (unpaired) electrons. The summed E-state index contributed by atoms with van der Waals surface area (Å²) in [5.74, 6) is 0. The number of fused-ring (bicyclic) bond motifs is 1. The Kier molecular flexibility index (Phi) is 5.44. The molecule has 2 aromatic carbocycles. The van der Waals surface area contributed by atoms with Gasteiger partial charge in [0.15, 0.2) is 0 Å². The Balaban J connectivity index is 1.39. The van der Waals surface area contributed by atoms with Crippen LogP contribution in [-0.4, -0.2) is 19.9 Å². The van der Waals surface area contributed by atoms with Crippen LogP contribution in [0.3, 0.4) is 0 Å². The third-order valence-electron chi connectivity index (χ3n) is 4.88. The Hall–Kier alpha value is -2.28. The lowest BCUT2D eigenvalue weighted by molar-refractivity contribution is 0.585. The minimum absolute atomic E-state index is 0.346. The maximum Gasteiger partial charge on any atom is 0.236 e. The van der Waals surface area contributed by atoms with Crippen LogP contribution in [0, 0.1) is 6.92 Å². The molecule has 0 fully saturated rings. The molecule has 1 aliphatic rings. The lowest BCUT2D eigenvalue weighted by Crippen LogP contribution is -2.28. The summed E-state index contributed by atoms with van der Waals surface area (Å²) < 4.78 is 28.0. The number of hydrogen-bond donors (Lipinski definition) is 1. The molecule has 0 aliphatic heterocycles. The lowest BCUT2D eigenvalue weighted by Gasteiger charge is -2.16. The van der Waals surface area contributed by atoms with Gasteiger partial charge >= 0.3 is 0 Å². The molecule has 1 aromatic heterocycles. The number of aryl methyl sites for hydroxylation is 2. The molecule has 0 saturated carbocycles. The van der Waals surface area contributed by atoms with Crippen molar-refractivity contribution >= 4 is 27.4 Å². The van der Waals surface area contributed by atoms with Crippen LogP contribution in [0.15, 0.2) is 58.8 Å². The van der Waals surface area contributed by atoms with Gasteiger partial charge in [-0.1, -0.05) is 54.1 Å². The molecule has 0 unspecified atom stereocenters. The summed E-state index contributed by atoms with van der Waals surface area (Å²) in [6.45, 7) is 2.40. The van der Waals surface area contributed by atoms with Gasteiger partial charge in [0.25, 0.3) is 0 Å². The fraction of sp³-hybridized carbons (Fsp3) is 0.227. The standard InChI is InChI=1S/C22H22N2O2S2/c1-16-6-8-18(9-7-16)22-24-20(15-27-22)12-13-23-28(25,26)21-11-10-17-4-2-3-5-19(17)14-21/h2-9,14-15,23H,10-13H2,1H3. The quantitative estimate of drug-likeness (QED) is 0.648. The Labute approximate surface area is 170 Å². The number of nitrogens with one attached hydrogen (secondary N) is 1. The van der Waals surface area contributed by atoms with E-state index in [2.05, 4.69) is 47.0 Å². The molecule has 0 bridgehead atoms. The highest BCUT2D eigenvalue weighted by atomic mass is 32.2. The zero-order valence-electron chi connectivity index (χ0n) is 15.7. The molecule has 0 spiro atoms. The summed E-state index contributed by atoms with van der Waals surface area (Å²) in [6, 6.07) is 16.2. The highest BCUT2D eigenvalue weighted by Gasteiger charge is 2.21. The zero-order chi connectivity index (χ0) is 19.6. The molecule has 6 heteroatoms. The molecule has 1 aliphatic carbocycles. The van der Waals surface area contributed by atoms with Crippen LogP contribution in [-0.2, 0) is 22.9 Å². The first-order chi connectivity index (χ1) is 13.5. The summed E-state index contributed by atoms with van der Waals surface area (Å²) in [5, 5.41) is 2.96. The minimum atomic E-state index is -3.46. The number of hydrogen-bond acceptors (Lipinski definition) is 4. The van der Waals surface area contributed by atoms with Crippen LogP contribution >= 0.6 is 11.3 Å². The first-order valence-corrected chi connectivity index (χ1v) is 11.7. The van der Waals surface area contributed by atoms with Crippen molar-refractivity contribution in [1.82, 2.24) is 9.71 Å². The van der Waals surface area contributed by atoms with Crippen LogP contribution in [0.5, 0.6) is 0 Å². The van der Waals surface area contributed by atoms with Crippen molar-refractivity contribution in [2.45, 2.75) is 26.2 Å². The largest absolute Gasteiger partial charge is 0.241 e. The molecule has 1 N–H and O–H groups in total. The van der Waals surface area contributed by atoms with E-state index in [-0.39, 0.29) is 0 Å². The monoisotopic (exact) mass is 410 g/mol. The third kappa shape index (κ3) is 4.24. The molecule has 0 amide bonds. The maximum absolute atomic E-state index is 12.6. The smallest absolute Gasteiger partial charge is 0.236 e. The van der Waals surface area contributed by atoms with Gasteiger partial charge in [-0.3, -0.25) is 0 Å². The number of aromatic nitrogens is 1. The molecular weight excluding hydrogens is 388 g/mol. The van der Waals surface area contributed by atoms with Gasteiger partial charge in [0.05, 0.1) is 10.6 Å². The lowest BCUT2D eigenvalue weighted by atomic mass is 9.98. The summed E-state index contributed by atoms with van der Waals surface area (Å²) in [7, 11) is -3.46. The van der Waals surface area contributed by atoms with Gasteiger partial charge in [0, 0.05) is 23.9 Å². The zero-order valence-corrected chi connectivity index (χ0v) is 17.3. The molecule has 0 atom stereocenters. The number of nitrogens with zero attached hydrogens (tertiary/aromatic N) is 1. The normalized spacial score (nSPS) is 13.8. The summed E-state index contributed by atoms with van der Waals surface area (Å²) in [5.41, 5.74) is 5.42. The molecule has 1 heterocycles. The molecular formula is C22H22N2O2S2. The van der Waals surface area contributed by atoms with E-state index < -0.39 is 10.0 Å². The number of rotatable bonds is 6. The summed E-state index contributed by atoms with van der Waals surface area (Å²) >= 11 is 1.59. The van der Waals surface area contributed by atoms with Crippen LogP contribution in [0.4, 0.5) is 0 Å². The number of allylic oxidation sites excluding steroid dienone is 1. The van der Waals surface area contributed by atoms with Crippen LogP contribution in [0.1, 0.15) is 28.8 Å². The van der Waals surface area contributed by atoms with Gasteiger partial charge in [0.1, 0.15) is 5.01 Å². The predicted molar refractivity (Wildman–Crippen MR) is 116 cm³/mol. The number of thiazole rings is 1. The van der Waals surface area contributed by atoms with Crippen molar-refractivity contribution in [3.05, 3.63) is 81.2 Å². The number of benzene rings is 2. The first-order valence-electron chi connectivity index (χ1n) is 9.31. The van der Waals surface area contributed by atoms with Crippen molar-refractivity contribution in [3.63, 3.8) is 0 Å². The SMILES string of the molecule is Cc1ccc(-c2nc(CCNS(=O)(=O)C3=Cc4ccccc4CC3)cs2)cc1. The van der Waals surface area contributed by atoms with Crippen molar-refractivity contribution in [2.75, 3.05) is 6.54 Å². The fourth-order valence-corrected chi connectivity index (χ4v) is 5.34. The number of sulfonamides is 1. The molecule has 28 heavy (non-hydrogen) atoms. The average molecular weight is 411 g/mol. The van der Waals surface area contributed by atoms with Crippen LogP contribution < -0.4 is 4.72 Å². The van der Waals surface area contributed by atoms with E-state index >= 15 is 0 Å². The van der Waals surface area contributed by atoms with Crippen molar-refractivity contribution in [3.8, 4) is 10.6 Å². The summed E-state index contributed by atoms with van der Waals surface area (Å²) in [6.07, 6.45) is 3.67. The van der Waals surface area contributed by atoms with E-state index in [0.29, 0.717) is 24.3 Å². The second-order valence-electron chi connectivity index (χ2n) is 6.97. The van der Waals surface area contributed by atoms with Crippen molar-refractivity contribution in [1.29, 1.82) is 0 Å². The fourth-order valence-electron chi connectivity index (χ4n) is 3.27. The van der Waals surface area contributed by atoms with Gasteiger partial charge in [-0.25, -0.2) is 18.1 Å². The molecule has 0 saturated heterocycles. The van der Waals surface area contributed by atoms with Crippen LogP contribution in [0.2, 0.25) is 0 Å². The van der Waals surface area contributed by atoms with E-state index in [1.807, 2.05) is 23.6 Å². The molecule has 4 nitrogen and oxygen atoms in total. The van der Waals surface area contributed by atoms with E-state index in [1.54, 1.807) is 17.4 Å². The maximum atomic E-state index is 12.6. The Bertz CT molecular complexity index is 1110. The first kappa shape index (κ1) is 19.1. The molecule has 144 valence electrons. The Morgan fingerprint density at radius 1 is 1.07 bits per heavy atom. The van der Waals surface area contributed by atoms with Gasteiger partial charge in [-0.05, 0) is 37.0 Å². The van der Waals surface area contributed by atoms with E-state index in [4.69, 9.17) is 0 Å². The van der Waals surface area contributed by atoms with Gasteiger partial charge < -0.3 is 0 Å². The molecule has 3 aromatic rings. The van der Waals surface area contributed by atoms with Crippen LogP contribution in [0.25, 0.3) is 16.6 Å². The average Bonchev–Trinajstić information content (AvgIpc) is 3.17. The second-order valence-corrected chi connectivity index (χ2v) is 9.65. The summed E-state index contributed by atoms with van der Waals surface area (Å²) in [4.78, 5) is 5.10. The predicted octanol–water partition coefficient (Wildman–Crippen LogP) is 4.57.